The van der Waals surface area contributed by atoms with Crippen LogP contribution in [-0.4, -0.2) is 73.5 Å². The van der Waals surface area contributed by atoms with Crippen molar-refractivity contribution in [2.75, 3.05) is 44.2 Å². The van der Waals surface area contributed by atoms with Crippen LogP contribution in [0.3, 0.4) is 0 Å². The van der Waals surface area contributed by atoms with Gasteiger partial charge in [0.15, 0.2) is 0 Å². The first kappa shape index (κ1) is 18.8. The fraction of sp³-hybridized carbons (Fsp3) is 0.529. The molecular weight excluding hydrogens is 366 g/mol. The Balaban J connectivity index is 1.51. The molecule has 2 fully saturated rings. The summed E-state index contributed by atoms with van der Waals surface area (Å²) in [7, 11) is 0. The number of urea groups is 1. The number of alkyl halides is 2. The van der Waals surface area contributed by atoms with E-state index in [9.17, 15) is 18.4 Å². The summed E-state index contributed by atoms with van der Waals surface area (Å²) < 4.78 is 24.8. The molecule has 1 aromatic carbocycles. The zero-order valence-corrected chi connectivity index (χ0v) is 15.0. The molecule has 3 rings (SSSR count). The van der Waals surface area contributed by atoms with Crippen LogP contribution in [0.15, 0.2) is 24.3 Å². The number of benzene rings is 1. The molecule has 9 heteroatoms. The lowest BCUT2D eigenvalue weighted by Gasteiger charge is -2.34. The van der Waals surface area contributed by atoms with Gasteiger partial charge in [0.05, 0.1) is 6.54 Å². The molecule has 0 spiro atoms. The maximum absolute atomic E-state index is 12.6. The number of amides is 3. The standard InChI is InChI=1S/C17H21ClF2N4O2/c18-12-1-3-13(4-2-12)24-6-5-14(16(24)25)21-17(26)23-9-7-22(8-10-23)11-15(19)20/h1-4,14-15H,5-11H2,(H,21,26). The molecule has 0 radical (unpaired) electrons. The first-order chi connectivity index (χ1) is 12.4. The van der Waals surface area contributed by atoms with Crippen LogP contribution < -0.4 is 10.2 Å². The Bertz CT molecular complexity index is 651. The van der Waals surface area contributed by atoms with Gasteiger partial charge in [-0.15, -0.1) is 0 Å². The predicted molar refractivity (Wildman–Crippen MR) is 94.8 cm³/mol. The van der Waals surface area contributed by atoms with Gasteiger partial charge in [-0.3, -0.25) is 9.69 Å². The van der Waals surface area contributed by atoms with Gasteiger partial charge in [-0.25, -0.2) is 13.6 Å². The van der Waals surface area contributed by atoms with E-state index in [1.807, 2.05) is 0 Å². The number of anilines is 1. The van der Waals surface area contributed by atoms with E-state index in [1.54, 1.807) is 39.0 Å². The Labute approximate surface area is 155 Å². The summed E-state index contributed by atoms with van der Waals surface area (Å²) in [5, 5.41) is 3.36. The van der Waals surface area contributed by atoms with Crippen LogP contribution in [0.25, 0.3) is 0 Å². The fourth-order valence-electron chi connectivity index (χ4n) is 3.26. The van der Waals surface area contributed by atoms with Gasteiger partial charge < -0.3 is 15.1 Å². The number of carbonyl (C=O) groups excluding carboxylic acids is 2. The molecule has 1 N–H and O–H groups in total. The van der Waals surface area contributed by atoms with Gasteiger partial charge in [0.25, 0.3) is 6.43 Å². The predicted octanol–water partition coefficient (Wildman–Crippen LogP) is 2.04. The molecule has 0 bridgehead atoms. The lowest BCUT2D eigenvalue weighted by molar-refractivity contribution is -0.118. The van der Waals surface area contributed by atoms with Crippen LogP contribution in [0.4, 0.5) is 19.3 Å². The van der Waals surface area contributed by atoms with Gasteiger partial charge in [0, 0.05) is 43.4 Å². The van der Waals surface area contributed by atoms with Crippen LogP contribution in [0, 0.1) is 0 Å². The van der Waals surface area contributed by atoms with E-state index in [-0.39, 0.29) is 18.5 Å². The molecule has 0 aliphatic carbocycles. The molecule has 1 aromatic rings. The van der Waals surface area contributed by atoms with E-state index in [2.05, 4.69) is 5.32 Å². The summed E-state index contributed by atoms with van der Waals surface area (Å²) in [6.45, 7) is 1.82. The van der Waals surface area contributed by atoms with Crippen molar-refractivity contribution in [3.8, 4) is 0 Å². The third-order valence-electron chi connectivity index (χ3n) is 4.70. The van der Waals surface area contributed by atoms with E-state index in [1.165, 1.54) is 0 Å². The highest BCUT2D eigenvalue weighted by Crippen LogP contribution is 2.23. The summed E-state index contributed by atoms with van der Waals surface area (Å²) >= 11 is 5.87. The van der Waals surface area contributed by atoms with E-state index in [0.717, 1.165) is 5.69 Å². The summed E-state index contributed by atoms with van der Waals surface area (Å²) in [6, 6.07) is 6.08. The van der Waals surface area contributed by atoms with Gasteiger partial charge >= 0.3 is 6.03 Å². The summed E-state index contributed by atoms with van der Waals surface area (Å²) in [4.78, 5) is 29.8. The van der Waals surface area contributed by atoms with Crippen molar-refractivity contribution in [2.24, 2.45) is 0 Å². The Morgan fingerprint density at radius 2 is 1.81 bits per heavy atom. The molecular formula is C17H21ClF2N4O2. The van der Waals surface area contributed by atoms with Crippen LogP contribution >= 0.6 is 11.6 Å². The van der Waals surface area contributed by atoms with E-state index >= 15 is 0 Å². The second-order valence-corrected chi connectivity index (χ2v) is 6.87. The molecule has 3 amide bonds. The number of halogens is 3. The molecule has 0 saturated carbocycles. The van der Waals surface area contributed by atoms with Crippen LogP contribution in [0.2, 0.25) is 5.02 Å². The van der Waals surface area contributed by atoms with Crippen LogP contribution in [-0.2, 0) is 4.79 Å². The molecule has 1 unspecified atom stereocenters. The lowest BCUT2D eigenvalue weighted by atomic mass is 10.2. The maximum Gasteiger partial charge on any atom is 0.318 e. The highest BCUT2D eigenvalue weighted by atomic mass is 35.5. The van der Waals surface area contributed by atoms with E-state index in [0.29, 0.717) is 44.2 Å². The molecule has 2 aliphatic heterocycles. The lowest BCUT2D eigenvalue weighted by Crippen LogP contribution is -2.55. The van der Waals surface area contributed by atoms with Gasteiger partial charge in [0.1, 0.15) is 6.04 Å². The van der Waals surface area contributed by atoms with Crippen molar-refractivity contribution in [3.05, 3.63) is 29.3 Å². The quantitative estimate of drug-likeness (QED) is 0.861. The minimum absolute atomic E-state index is 0.156. The van der Waals surface area contributed by atoms with E-state index < -0.39 is 12.5 Å². The van der Waals surface area contributed by atoms with Crippen molar-refractivity contribution in [3.63, 3.8) is 0 Å². The normalized spacial score (nSPS) is 21.5. The first-order valence-electron chi connectivity index (χ1n) is 8.57. The third kappa shape index (κ3) is 4.42. The molecule has 6 nitrogen and oxygen atoms in total. The van der Waals surface area contributed by atoms with Crippen LogP contribution in [0.5, 0.6) is 0 Å². The average Bonchev–Trinajstić information content (AvgIpc) is 2.96. The van der Waals surface area contributed by atoms with Crippen molar-refractivity contribution < 1.29 is 18.4 Å². The Morgan fingerprint density at radius 1 is 1.15 bits per heavy atom. The molecule has 142 valence electrons. The highest BCUT2D eigenvalue weighted by molar-refractivity contribution is 6.30. The van der Waals surface area contributed by atoms with Gasteiger partial charge in [0.2, 0.25) is 5.91 Å². The largest absolute Gasteiger partial charge is 0.326 e. The number of hydrogen-bond donors (Lipinski definition) is 1. The van der Waals surface area contributed by atoms with Crippen molar-refractivity contribution in [1.29, 1.82) is 0 Å². The second-order valence-electron chi connectivity index (χ2n) is 6.44. The Hall–Kier alpha value is -1.93. The Kier molecular flexibility index (Phi) is 5.93. The number of piperazine rings is 1. The number of carbonyl (C=O) groups is 2. The van der Waals surface area contributed by atoms with Gasteiger partial charge in [-0.1, -0.05) is 11.6 Å². The van der Waals surface area contributed by atoms with E-state index in [4.69, 9.17) is 11.6 Å². The third-order valence-corrected chi connectivity index (χ3v) is 4.95. The van der Waals surface area contributed by atoms with Crippen molar-refractivity contribution >= 4 is 29.2 Å². The number of hydrogen-bond acceptors (Lipinski definition) is 3. The van der Waals surface area contributed by atoms with Crippen molar-refractivity contribution in [1.82, 2.24) is 15.1 Å². The minimum atomic E-state index is -2.37. The fourth-order valence-corrected chi connectivity index (χ4v) is 3.39. The summed E-state index contributed by atoms with van der Waals surface area (Å²) in [6.07, 6.45) is -1.84. The molecule has 2 heterocycles. The monoisotopic (exact) mass is 386 g/mol. The molecule has 26 heavy (non-hydrogen) atoms. The van der Waals surface area contributed by atoms with Crippen molar-refractivity contribution in [2.45, 2.75) is 18.9 Å². The highest BCUT2D eigenvalue weighted by Gasteiger charge is 2.35. The SMILES string of the molecule is O=C(NC1CCN(c2ccc(Cl)cc2)C1=O)N1CCN(CC(F)F)CC1. The first-order valence-corrected chi connectivity index (χ1v) is 8.95. The smallest absolute Gasteiger partial charge is 0.318 e. The number of nitrogens with one attached hydrogen (secondary N) is 1. The van der Waals surface area contributed by atoms with Gasteiger partial charge in [-0.05, 0) is 30.7 Å². The Morgan fingerprint density at radius 3 is 2.42 bits per heavy atom. The zero-order chi connectivity index (χ0) is 18.7. The minimum Gasteiger partial charge on any atom is -0.326 e. The maximum atomic E-state index is 12.6. The molecule has 0 aromatic heterocycles. The average molecular weight is 387 g/mol. The van der Waals surface area contributed by atoms with Crippen LogP contribution in [0.1, 0.15) is 6.42 Å². The number of nitrogens with zero attached hydrogens (tertiary/aromatic N) is 3. The van der Waals surface area contributed by atoms with Gasteiger partial charge in [-0.2, -0.15) is 0 Å². The summed E-state index contributed by atoms with van der Waals surface area (Å²) in [5.41, 5.74) is 0.747. The molecule has 1 atom stereocenters. The molecule has 2 aliphatic rings. The number of rotatable bonds is 4. The zero-order valence-electron chi connectivity index (χ0n) is 14.2. The molecule has 2 saturated heterocycles. The second kappa shape index (κ2) is 8.18. The topological polar surface area (TPSA) is 55.9 Å². The summed E-state index contributed by atoms with van der Waals surface area (Å²) in [5.74, 6) is -0.156.